The molecule has 1 N–H and O–H groups in total. The van der Waals surface area contributed by atoms with E-state index in [1.165, 1.54) is 6.07 Å². The molecule has 282 valence electrons. The Morgan fingerprint density at radius 2 is 1.81 bits per heavy atom. The van der Waals surface area contributed by atoms with Crippen LogP contribution in [-0.2, 0) is 32.5 Å². The average molecular weight is 728 g/mol. The van der Waals surface area contributed by atoms with Crippen LogP contribution in [0, 0.1) is 25.6 Å². The summed E-state index contributed by atoms with van der Waals surface area (Å²) in [4.78, 5) is 40.3. The molecule has 7 rings (SSSR count). The molecule has 0 saturated carbocycles. The van der Waals surface area contributed by atoms with Gasteiger partial charge in [-0.15, -0.1) is 0 Å². The van der Waals surface area contributed by atoms with Crippen LogP contribution >= 0.6 is 0 Å². The van der Waals surface area contributed by atoms with E-state index in [9.17, 15) is 14.7 Å². The van der Waals surface area contributed by atoms with Gasteiger partial charge in [-0.05, 0) is 102 Å². The summed E-state index contributed by atoms with van der Waals surface area (Å²) >= 11 is 0. The molecule has 12 heteroatoms. The zero-order chi connectivity index (χ0) is 37.6. The molecule has 3 aliphatic rings. The second-order valence-electron chi connectivity index (χ2n) is 15.5. The van der Waals surface area contributed by atoms with Crippen LogP contribution in [0.15, 0.2) is 30.5 Å². The quantitative estimate of drug-likeness (QED) is 0.220. The van der Waals surface area contributed by atoms with Crippen molar-refractivity contribution >= 4 is 28.7 Å². The van der Waals surface area contributed by atoms with Crippen molar-refractivity contribution < 1.29 is 33.3 Å². The van der Waals surface area contributed by atoms with Crippen molar-refractivity contribution in [2.45, 2.75) is 78.4 Å². The largest absolute Gasteiger partial charge is 0.490 e. The summed E-state index contributed by atoms with van der Waals surface area (Å²) in [6.07, 6.45) is 4.27. The molecule has 2 fully saturated rings. The highest BCUT2D eigenvalue weighted by atomic mass is 19.1. The number of nitrogens with zero attached hydrogens (tertiary/aromatic N) is 5. The van der Waals surface area contributed by atoms with Crippen LogP contribution in [0.3, 0.4) is 0 Å². The van der Waals surface area contributed by atoms with E-state index in [-0.39, 0.29) is 17.6 Å². The van der Waals surface area contributed by atoms with Crippen LogP contribution in [0.5, 0.6) is 5.75 Å². The van der Waals surface area contributed by atoms with Gasteiger partial charge in [0.1, 0.15) is 11.5 Å². The van der Waals surface area contributed by atoms with E-state index in [1.54, 1.807) is 13.1 Å². The zero-order valence-corrected chi connectivity index (χ0v) is 31.6. The number of hydrogen-bond donors (Lipinski definition) is 1. The number of benzene rings is 1. The van der Waals surface area contributed by atoms with Gasteiger partial charge in [-0.25, -0.2) is 19.2 Å². The predicted octanol–water partition coefficient (Wildman–Crippen LogP) is 6.79. The van der Waals surface area contributed by atoms with E-state index >= 15 is 4.39 Å². The van der Waals surface area contributed by atoms with Crippen LogP contribution in [0.1, 0.15) is 74.9 Å². The summed E-state index contributed by atoms with van der Waals surface area (Å²) in [6, 6.07) is 7.50. The molecule has 0 unspecified atom stereocenters. The molecule has 0 radical (unpaired) electrons. The summed E-state index contributed by atoms with van der Waals surface area (Å²) in [5, 5.41) is 11.3. The number of fused-ring (bicyclic) bond motifs is 2. The Hall–Kier alpha value is -4.55. The summed E-state index contributed by atoms with van der Waals surface area (Å²) < 4.78 is 35.4. The average Bonchev–Trinajstić information content (AvgIpc) is 3.29. The van der Waals surface area contributed by atoms with Gasteiger partial charge >= 0.3 is 5.97 Å². The Morgan fingerprint density at radius 3 is 2.55 bits per heavy atom. The lowest BCUT2D eigenvalue weighted by Crippen LogP contribution is -2.40. The molecule has 0 aliphatic carbocycles. The molecule has 3 aromatic heterocycles. The molecule has 1 aromatic carbocycles. The number of carbonyl (C=O) groups is 2. The van der Waals surface area contributed by atoms with Crippen molar-refractivity contribution in [1.82, 2.24) is 19.4 Å². The predicted molar refractivity (Wildman–Crippen MR) is 201 cm³/mol. The highest BCUT2D eigenvalue weighted by Crippen LogP contribution is 2.45. The Labute approximate surface area is 310 Å². The fraction of sp³-hybridized carbons (Fsp3) is 0.512. The lowest BCUT2D eigenvalue weighted by atomic mass is 9.86. The smallest absolute Gasteiger partial charge is 0.337 e. The number of rotatable bonds is 7. The molecule has 11 nitrogen and oxygen atoms in total. The summed E-state index contributed by atoms with van der Waals surface area (Å²) in [6.45, 7) is 13.7. The normalized spacial score (nSPS) is 17.7. The third-order valence-corrected chi connectivity index (χ3v) is 10.8. The minimum Gasteiger partial charge on any atom is -0.490 e. The van der Waals surface area contributed by atoms with Crippen molar-refractivity contribution in [1.29, 1.82) is 0 Å². The first-order valence-corrected chi connectivity index (χ1v) is 18.8. The number of ether oxygens (including phenoxy) is 3. The Morgan fingerprint density at radius 1 is 1.04 bits per heavy atom. The molecule has 6 heterocycles. The van der Waals surface area contributed by atoms with Crippen molar-refractivity contribution in [2.75, 3.05) is 50.9 Å². The third-order valence-electron chi connectivity index (χ3n) is 10.8. The minimum absolute atomic E-state index is 0.0339. The van der Waals surface area contributed by atoms with E-state index in [0.717, 1.165) is 67.0 Å². The van der Waals surface area contributed by atoms with Gasteiger partial charge in [0.15, 0.2) is 17.7 Å². The van der Waals surface area contributed by atoms with Crippen molar-refractivity contribution in [3.63, 3.8) is 0 Å². The van der Waals surface area contributed by atoms with Crippen LogP contribution in [0.4, 0.5) is 10.2 Å². The molecule has 1 amide bonds. The number of aliphatic carboxylic acids is 1. The van der Waals surface area contributed by atoms with E-state index in [0.29, 0.717) is 72.7 Å². The van der Waals surface area contributed by atoms with Crippen LogP contribution in [0.2, 0.25) is 0 Å². The maximum Gasteiger partial charge on any atom is 0.337 e. The number of aryl methyl sites for hydroxylation is 2. The van der Waals surface area contributed by atoms with Gasteiger partial charge in [0.25, 0.3) is 0 Å². The molecular weight excluding hydrogens is 677 g/mol. The number of carboxylic acid groups (broad SMARTS) is 1. The van der Waals surface area contributed by atoms with Crippen LogP contribution < -0.4 is 9.64 Å². The first-order valence-electron chi connectivity index (χ1n) is 18.8. The molecular formula is C41H50FN5O6. The van der Waals surface area contributed by atoms with Gasteiger partial charge in [0, 0.05) is 91.9 Å². The molecule has 1 atom stereocenters. The van der Waals surface area contributed by atoms with Gasteiger partial charge < -0.3 is 33.7 Å². The molecule has 2 saturated heterocycles. The maximum absolute atomic E-state index is 15.9. The summed E-state index contributed by atoms with van der Waals surface area (Å²) in [5.41, 5.74) is 5.32. The monoisotopic (exact) mass is 727 g/mol. The Kier molecular flexibility index (Phi) is 10.2. The Balaban J connectivity index is 1.32. The molecule has 4 aromatic rings. The third kappa shape index (κ3) is 7.23. The number of carbonyl (C=O) groups excluding carboxylic acids is 1. The number of carboxylic acids is 1. The molecule has 0 spiro atoms. The second-order valence-corrected chi connectivity index (χ2v) is 15.5. The minimum atomic E-state index is -1.35. The molecule has 3 aliphatic heterocycles. The molecule has 0 bridgehead atoms. The van der Waals surface area contributed by atoms with E-state index < -0.39 is 23.5 Å². The lowest BCUT2D eigenvalue weighted by Gasteiger charge is -2.29. The van der Waals surface area contributed by atoms with E-state index in [2.05, 4.69) is 11.0 Å². The second kappa shape index (κ2) is 14.7. The maximum atomic E-state index is 15.9. The number of anilines is 1. The van der Waals surface area contributed by atoms with Crippen LogP contribution in [-0.4, -0.2) is 88.0 Å². The van der Waals surface area contributed by atoms with E-state index in [1.807, 2.05) is 56.3 Å². The number of hydrogen-bond acceptors (Lipinski definition) is 8. The van der Waals surface area contributed by atoms with Gasteiger partial charge in [-0.1, -0.05) is 0 Å². The number of halogens is 1. The van der Waals surface area contributed by atoms with Gasteiger partial charge in [0.2, 0.25) is 5.91 Å². The Bertz CT molecular complexity index is 2050. The summed E-state index contributed by atoms with van der Waals surface area (Å²) in [7, 11) is 1.94. The topological polar surface area (TPSA) is 119 Å². The number of amides is 1. The zero-order valence-electron chi connectivity index (χ0n) is 31.6. The van der Waals surface area contributed by atoms with Crippen LogP contribution in [0.25, 0.3) is 33.4 Å². The van der Waals surface area contributed by atoms with Crippen molar-refractivity contribution in [2.24, 2.45) is 13.0 Å². The highest BCUT2D eigenvalue weighted by molar-refractivity contribution is 6.01. The fourth-order valence-electron chi connectivity index (χ4n) is 8.17. The first kappa shape index (κ1) is 36.8. The van der Waals surface area contributed by atoms with Gasteiger partial charge in [0.05, 0.1) is 17.9 Å². The van der Waals surface area contributed by atoms with Crippen molar-refractivity contribution in [3.05, 3.63) is 58.7 Å². The highest BCUT2D eigenvalue weighted by Gasteiger charge is 2.35. The van der Waals surface area contributed by atoms with Gasteiger partial charge in [-0.2, -0.15) is 0 Å². The standard InChI is InChI=1S/C41H50FN5O6/c1-24-28-9-7-18-52-36(28)31(42)22-29(24)35-30-23-32(45(6)38(30)44-25(2)34(35)37(40(49)50)53-41(3,4)5)27-10-13-43-33(21-27)46-14-8-15-47(17-16-46)39(48)26-11-19-51-20-12-26/h10,13,21-23,26,37H,7-9,11-12,14-20H2,1-6H3,(H,49,50)/t37-/m0/s1. The van der Waals surface area contributed by atoms with Gasteiger partial charge in [-0.3, -0.25) is 4.79 Å². The first-order chi connectivity index (χ1) is 25.3. The number of aromatic nitrogens is 3. The SMILES string of the molecule is Cc1nc2c(cc(-c3ccnc(N4CCCN(C(=O)C5CCOCC5)CC4)c3)n2C)c(-c2cc(F)c3c(c2C)CCCO3)c1[C@H](OC(C)(C)C)C(=O)O. The number of pyridine rings is 2. The van der Waals surface area contributed by atoms with E-state index in [4.69, 9.17) is 24.2 Å². The summed E-state index contributed by atoms with van der Waals surface area (Å²) in [5.74, 6) is -0.278. The fourth-order valence-corrected chi connectivity index (χ4v) is 8.17. The van der Waals surface area contributed by atoms with Crippen molar-refractivity contribution in [3.8, 4) is 28.1 Å². The molecule has 53 heavy (non-hydrogen) atoms. The lowest BCUT2D eigenvalue weighted by molar-refractivity contribution is -0.160.